The predicted molar refractivity (Wildman–Crippen MR) is 120 cm³/mol. The van der Waals surface area contributed by atoms with Crippen LogP contribution in [0, 0.1) is 31.3 Å². The maximum atomic E-state index is 15.2. The van der Waals surface area contributed by atoms with Gasteiger partial charge in [-0.2, -0.15) is 0 Å². The zero-order valence-corrected chi connectivity index (χ0v) is 19.1. The average Bonchev–Trinajstić information content (AvgIpc) is 2.84. The number of amides is 1. The van der Waals surface area contributed by atoms with E-state index in [2.05, 4.69) is 9.97 Å². The number of rotatable bonds is 5. The Labute approximate surface area is 195 Å². The van der Waals surface area contributed by atoms with Gasteiger partial charge in [0.2, 0.25) is 0 Å². The monoisotopic (exact) mass is 471 g/mol. The van der Waals surface area contributed by atoms with Crippen LogP contribution < -0.4 is 9.64 Å². The first kappa shape index (κ1) is 23.7. The molecule has 3 aromatic rings. The molecule has 6 nitrogen and oxygen atoms in total. The Hall–Kier alpha value is -3.46. The number of carbonyl (C=O) groups is 1. The minimum Gasteiger partial charge on any atom is -0.497 e. The van der Waals surface area contributed by atoms with E-state index in [0.29, 0.717) is 18.7 Å². The van der Waals surface area contributed by atoms with E-state index in [1.54, 1.807) is 25.3 Å². The molecule has 1 atom stereocenters. The average molecular weight is 471 g/mol. The van der Waals surface area contributed by atoms with Crippen molar-refractivity contribution in [3.63, 3.8) is 0 Å². The molecule has 1 aliphatic rings. The van der Waals surface area contributed by atoms with E-state index < -0.39 is 40.8 Å². The summed E-state index contributed by atoms with van der Waals surface area (Å²) in [6, 6.07) is 5.27. The lowest BCUT2D eigenvalue weighted by molar-refractivity contribution is 0.0143. The van der Waals surface area contributed by atoms with Crippen molar-refractivity contribution in [3.05, 3.63) is 70.9 Å². The molecule has 2 aromatic heterocycles. The summed E-state index contributed by atoms with van der Waals surface area (Å²) in [7, 11) is 1.26. The first-order valence-corrected chi connectivity index (χ1v) is 10.9. The lowest BCUT2D eigenvalue weighted by Gasteiger charge is -2.34. The summed E-state index contributed by atoms with van der Waals surface area (Å²) in [5, 5.41) is 0. The van der Waals surface area contributed by atoms with Crippen molar-refractivity contribution >= 4 is 11.6 Å². The maximum Gasteiger partial charge on any atom is 0.279 e. The molecule has 4 rings (SSSR count). The number of hydrogen-bond acceptors (Lipinski definition) is 5. The maximum absolute atomic E-state index is 15.2. The molecule has 178 valence electrons. The lowest BCUT2D eigenvalue weighted by Crippen LogP contribution is -2.44. The fourth-order valence-electron chi connectivity index (χ4n) is 3.98. The highest BCUT2D eigenvalue weighted by atomic mass is 19.1. The van der Waals surface area contributed by atoms with Crippen molar-refractivity contribution in [1.82, 2.24) is 9.97 Å². The van der Waals surface area contributed by atoms with Crippen molar-refractivity contribution in [1.29, 1.82) is 0 Å². The van der Waals surface area contributed by atoms with Gasteiger partial charge in [0.05, 0.1) is 24.6 Å². The van der Waals surface area contributed by atoms with Gasteiger partial charge in [-0.25, -0.2) is 18.2 Å². The summed E-state index contributed by atoms with van der Waals surface area (Å²) in [4.78, 5) is 23.5. The molecule has 1 unspecified atom stereocenters. The van der Waals surface area contributed by atoms with Crippen molar-refractivity contribution < 1.29 is 27.4 Å². The third-order valence-corrected chi connectivity index (χ3v) is 5.96. The van der Waals surface area contributed by atoms with Crippen LogP contribution in [-0.4, -0.2) is 35.8 Å². The third kappa shape index (κ3) is 4.35. The van der Waals surface area contributed by atoms with E-state index >= 15 is 4.39 Å². The topological polar surface area (TPSA) is 64.5 Å². The van der Waals surface area contributed by atoms with Crippen molar-refractivity contribution in [2.24, 2.45) is 0 Å². The van der Waals surface area contributed by atoms with Crippen molar-refractivity contribution in [2.75, 3.05) is 18.6 Å². The van der Waals surface area contributed by atoms with Gasteiger partial charge in [0.15, 0.2) is 5.82 Å². The minimum absolute atomic E-state index is 0.0588. The Kier molecular flexibility index (Phi) is 6.83. The second-order valence-electron chi connectivity index (χ2n) is 8.05. The number of halogens is 3. The molecule has 0 N–H and O–H groups in total. The lowest BCUT2D eigenvalue weighted by atomic mass is 10.0. The number of pyridine rings is 2. The van der Waals surface area contributed by atoms with E-state index in [9.17, 15) is 13.6 Å². The van der Waals surface area contributed by atoms with Crippen molar-refractivity contribution in [2.45, 2.75) is 39.3 Å². The number of ether oxygens (including phenoxy) is 2. The molecular weight excluding hydrogens is 447 g/mol. The second-order valence-corrected chi connectivity index (χ2v) is 8.05. The van der Waals surface area contributed by atoms with Crippen LogP contribution >= 0.6 is 0 Å². The highest BCUT2D eigenvalue weighted by Gasteiger charge is 2.32. The SMILES string of the molecule is COc1cc(F)c(-c2nc(C(=O)N(c3cccnc3)C3CCCCO3)c(C)c(C)c2F)c(F)c1. The van der Waals surface area contributed by atoms with Crippen LogP contribution in [0.25, 0.3) is 11.3 Å². The Morgan fingerprint density at radius 2 is 1.88 bits per heavy atom. The predicted octanol–water partition coefficient (Wildman–Crippen LogP) is 5.36. The molecule has 0 bridgehead atoms. The van der Waals surface area contributed by atoms with Crippen LogP contribution in [0.3, 0.4) is 0 Å². The zero-order chi connectivity index (χ0) is 24.4. The molecule has 1 aliphatic heterocycles. The van der Waals surface area contributed by atoms with E-state index in [-0.39, 0.29) is 22.6 Å². The molecule has 1 amide bonds. The van der Waals surface area contributed by atoms with Gasteiger partial charge in [-0.05, 0) is 56.4 Å². The minimum atomic E-state index is -1.05. The Bertz CT molecular complexity index is 1190. The molecular formula is C25H24F3N3O3. The van der Waals surface area contributed by atoms with Crippen LogP contribution in [0.2, 0.25) is 0 Å². The number of benzene rings is 1. The molecule has 0 spiro atoms. The van der Waals surface area contributed by atoms with Crippen LogP contribution in [0.15, 0.2) is 36.7 Å². The quantitative estimate of drug-likeness (QED) is 0.501. The van der Waals surface area contributed by atoms with Gasteiger partial charge in [-0.1, -0.05) is 0 Å². The van der Waals surface area contributed by atoms with Crippen LogP contribution in [-0.2, 0) is 4.74 Å². The van der Waals surface area contributed by atoms with E-state index in [1.165, 1.54) is 25.1 Å². The normalized spacial score (nSPS) is 15.8. The van der Waals surface area contributed by atoms with Gasteiger partial charge in [0.25, 0.3) is 5.91 Å². The van der Waals surface area contributed by atoms with E-state index in [4.69, 9.17) is 9.47 Å². The molecule has 34 heavy (non-hydrogen) atoms. The molecule has 9 heteroatoms. The Balaban J connectivity index is 1.87. The van der Waals surface area contributed by atoms with E-state index in [1.807, 2.05) is 0 Å². The summed E-state index contributed by atoms with van der Waals surface area (Å²) in [6.07, 6.45) is 4.84. The molecule has 1 fully saturated rings. The van der Waals surface area contributed by atoms with Gasteiger partial charge in [-0.3, -0.25) is 14.7 Å². The first-order chi connectivity index (χ1) is 16.3. The van der Waals surface area contributed by atoms with Gasteiger partial charge < -0.3 is 9.47 Å². The largest absolute Gasteiger partial charge is 0.497 e. The van der Waals surface area contributed by atoms with Gasteiger partial charge in [-0.15, -0.1) is 0 Å². The van der Waals surface area contributed by atoms with Gasteiger partial charge in [0, 0.05) is 24.9 Å². The first-order valence-electron chi connectivity index (χ1n) is 10.9. The standard InChI is InChI=1S/C25H24F3N3O3/c1-14-15(2)23(30-24(22(14)28)21-18(26)11-17(33-3)12-19(21)27)25(32)31(16-7-6-9-29-13-16)20-8-4-5-10-34-20/h6-7,9,11-13,20H,4-5,8,10H2,1-3H3. The Morgan fingerprint density at radius 3 is 2.47 bits per heavy atom. The molecule has 3 heterocycles. The number of nitrogens with zero attached hydrogens (tertiary/aromatic N) is 3. The number of carbonyl (C=O) groups excluding carboxylic acids is 1. The number of anilines is 1. The Morgan fingerprint density at radius 1 is 1.15 bits per heavy atom. The zero-order valence-electron chi connectivity index (χ0n) is 19.1. The molecule has 1 aromatic carbocycles. The molecule has 1 saturated heterocycles. The molecule has 0 aliphatic carbocycles. The fraction of sp³-hybridized carbons (Fsp3) is 0.320. The summed E-state index contributed by atoms with van der Waals surface area (Å²) in [5.41, 5.74) is -0.562. The van der Waals surface area contributed by atoms with Crippen molar-refractivity contribution in [3.8, 4) is 17.0 Å². The van der Waals surface area contributed by atoms with E-state index in [0.717, 1.165) is 25.0 Å². The van der Waals surface area contributed by atoms with Gasteiger partial charge >= 0.3 is 0 Å². The highest BCUT2D eigenvalue weighted by Crippen LogP contribution is 2.34. The number of methoxy groups -OCH3 is 1. The fourth-order valence-corrected chi connectivity index (χ4v) is 3.98. The van der Waals surface area contributed by atoms with Crippen LogP contribution in [0.1, 0.15) is 40.9 Å². The molecule has 0 saturated carbocycles. The van der Waals surface area contributed by atoms with Crippen LogP contribution in [0.5, 0.6) is 5.75 Å². The summed E-state index contributed by atoms with van der Waals surface area (Å²) in [6.45, 7) is 3.47. The smallest absolute Gasteiger partial charge is 0.279 e. The molecule has 0 radical (unpaired) electrons. The summed E-state index contributed by atoms with van der Waals surface area (Å²) < 4.78 is 55.5. The summed E-state index contributed by atoms with van der Waals surface area (Å²) in [5.74, 6) is -3.64. The second kappa shape index (κ2) is 9.80. The summed E-state index contributed by atoms with van der Waals surface area (Å²) >= 11 is 0. The van der Waals surface area contributed by atoms with Crippen LogP contribution in [0.4, 0.5) is 18.9 Å². The highest BCUT2D eigenvalue weighted by molar-refractivity contribution is 6.06. The third-order valence-electron chi connectivity index (χ3n) is 5.96. The number of aromatic nitrogens is 2. The number of hydrogen-bond donors (Lipinski definition) is 0. The van der Waals surface area contributed by atoms with Gasteiger partial charge in [0.1, 0.15) is 35.0 Å².